The van der Waals surface area contributed by atoms with Crippen LogP contribution in [0.5, 0.6) is 0 Å². The van der Waals surface area contributed by atoms with Crippen molar-refractivity contribution < 1.29 is 4.65 Å². The molecule has 0 aromatic heterocycles. The van der Waals surface area contributed by atoms with E-state index in [1.165, 1.54) is 16.6 Å². The van der Waals surface area contributed by atoms with E-state index in [2.05, 4.69) is 34.7 Å². The Morgan fingerprint density at radius 1 is 1.05 bits per heavy atom. The van der Waals surface area contributed by atoms with Crippen LogP contribution in [0.1, 0.15) is 16.7 Å². The van der Waals surface area contributed by atoms with E-state index in [9.17, 15) is 0 Å². The third-order valence-electron chi connectivity index (χ3n) is 3.82. The Morgan fingerprint density at radius 2 is 1.76 bits per heavy atom. The van der Waals surface area contributed by atoms with Crippen LogP contribution in [0.25, 0.3) is 9.69 Å². The quantitative estimate of drug-likeness (QED) is 0.601. The van der Waals surface area contributed by atoms with E-state index in [0.29, 0.717) is 18.0 Å². The van der Waals surface area contributed by atoms with Crippen LogP contribution >= 0.6 is 0 Å². The molecule has 0 saturated heterocycles. The smallest absolute Gasteiger partial charge is 0.324 e. The van der Waals surface area contributed by atoms with Gasteiger partial charge in [-0.25, -0.2) is 0 Å². The number of hydrogen-bond donors (Lipinski definition) is 0. The predicted octanol–water partition coefficient (Wildman–Crippen LogP) is 3.74. The third-order valence-corrected chi connectivity index (χ3v) is 3.82. The molecule has 1 heterocycles. The number of fused-ring (bicyclic) bond motifs is 1. The van der Waals surface area contributed by atoms with E-state index in [4.69, 9.17) is 17.8 Å². The van der Waals surface area contributed by atoms with E-state index in [-0.39, 0.29) is 6.92 Å². The van der Waals surface area contributed by atoms with Crippen molar-refractivity contribution in [2.45, 2.75) is 19.9 Å². The monoisotopic (exact) mass is 272 g/mol. The number of benzene rings is 2. The average molecular weight is 272 g/mol. The highest BCUT2D eigenvalue weighted by atomic mass is 16.4. The van der Waals surface area contributed by atoms with E-state index in [1.807, 2.05) is 12.1 Å². The summed E-state index contributed by atoms with van der Waals surface area (Å²) in [5.41, 5.74) is 5.64. The molecule has 2 aromatic carbocycles. The Labute approximate surface area is 124 Å². The average Bonchev–Trinajstić information content (AvgIpc) is 2.88. The first-order valence-corrected chi connectivity index (χ1v) is 6.82. The standard InChI is InChI=1S/C17H13BN2O/c1-18-15-6-4-12(9-14(15)11-21-18)8-13-5-7-16(19-2)17(10-13)20-3/h4-7,9-10H,8,11H2,1H3. The second kappa shape index (κ2) is 5.44. The molecule has 0 aliphatic carbocycles. The molecular weight excluding hydrogens is 259 g/mol. The van der Waals surface area contributed by atoms with Gasteiger partial charge < -0.3 is 4.65 Å². The van der Waals surface area contributed by atoms with Gasteiger partial charge in [0.05, 0.1) is 19.8 Å². The van der Waals surface area contributed by atoms with Crippen molar-refractivity contribution in [3.05, 3.63) is 75.9 Å². The molecule has 0 atom stereocenters. The summed E-state index contributed by atoms with van der Waals surface area (Å²) in [4.78, 5) is 6.79. The lowest BCUT2D eigenvalue weighted by Gasteiger charge is -2.06. The Bertz CT molecular complexity index is 786. The molecule has 1 aliphatic rings. The first-order chi connectivity index (χ1) is 10.2. The molecule has 2 aromatic rings. The maximum atomic E-state index is 7.15. The van der Waals surface area contributed by atoms with Gasteiger partial charge in [-0.05, 0) is 23.0 Å². The number of nitrogens with zero attached hydrogens (tertiary/aromatic N) is 2. The highest BCUT2D eigenvalue weighted by molar-refractivity contribution is 6.67. The van der Waals surface area contributed by atoms with Crippen molar-refractivity contribution in [3.8, 4) is 0 Å². The minimum Gasteiger partial charge on any atom is -0.427 e. The largest absolute Gasteiger partial charge is 0.427 e. The first kappa shape index (κ1) is 13.4. The van der Waals surface area contributed by atoms with Gasteiger partial charge in [-0.2, -0.15) is 0 Å². The highest BCUT2D eigenvalue weighted by Gasteiger charge is 2.22. The van der Waals surface area contributed by atoms with Crippen LogP contribution in [0.4, 0.5) is 11.4 Å². The molecule has 4 heteroatoms. The van der Waals surface area contributed by atoms with E-state index >= 15 is 0 Å². The lowest BCUT2D eigenvalue weighted by molar-refractivity contribution is 0.333. The summed E-state index contributed by atoms with van der Waals surface area (Å²) < 4.78 is 5.62. The SMILES string of the molecule is [C-]#[N+]c1ccc(Cc2ccc3c(c2)COB3C)cc1[N+]#[C-]. The maximum Gasteiger partial charge on any atom is 0.324 e. The summed E-state index contributed by atoms with van der Waals surface area (Å²) in [6, 6.07) is 11.9. The first-order valence-electron chi connectivity index (χ1n) is 6.82. The van der Waals surface area contributed by atoms with Gasteiger partial charge in [-0.1, -0.05) is 48.8 Å². The summed E-state index contributed by atoms with van der Waals surface area (Å²) in [6.07, 6.45) is 0.766. The molecule has 0 spiro atoms. The van der Waals surface area contributed by atoms with Crippen molar-refractivity contribution in [2.24, 2.45) is 0 Å². The van der Waals surface area contributed by atoms with Crippen LogP contribution in [0, 0.1) is 13.1 Å². The van der Waals surface area contributed by atoms with E-state index in [0.717, 1.165) is 12.0 Å². The van der Waals surface area contributed by atoms with Crippen LogP contribution in [-0.4, -0.2) is 6.92 Å². The molecule has 0 saturated carbocycles. The number of hydrogen-bond acceptors (Lipinski definition) is 1. The summed E-state index contributed by atoms with van der Waals surface area (Å²) in [6.45, 7) is 17.1. The molecular formula is C17H13BN2O. The van der Waals surface area contributed by atoms with Crippen LogP contribution < -0.4 is 5.46 Å². The lowest BCUT2D eigenvalue weighted by Crippen LogP contribution is -2.24. The van der Waals surface area contributed by atoms with Gasteiger partial charge in [0.1, 0.15) is 0 Å². The Morgan fingerprint density at radius 3 is 2.52 bits per heavy atom. The minimum absolute atomic E-state index is 0.181. The van der Waals surface area contributed by atoms with Gasteiger partial charge in [0.15, 0.2) is 11.4 Å². The zero-order valence-corrected chi connectivity index (χ0v) is 11.8. The molecule has 3 rings (SSSR count). The fourth-order valence-electron chi connectivity index (χ4n) is 2.69. The second-order valence-electron chi connectivity index (χ2n) is 5.21. The normalized spacial score (nSPS) is 12.6. The fraction of sp³-hybridized carbons (Fsp3) is 0.176. The van der Waals surface area contributed by atoms with Crippen molar-refractivity contribution >= 4 is 23.8 Å². The van der Waals surface area contributed by atoms with Gasteiger partial charge in [0.2, 0.25) is 0 Å². The van der Waals surface area contributed by atoms with Gasteiger partial charge in [-0.3, -0.25) is 9.69 Å². The van der Waals surface area contributed by atoms with Crippen LogP contribution in [0.2, 0.25) is 6.82 Å². The zero-order chi connectivity index (χ0) is 14.8. The van der Waals surface area contributed by atoms with Crippen molar-refractivity contribution in [1.82, 2.24) is 0 Å². The summed E-state index contributed by atoms with van der Waals surface area (Å²) >= 11 is 0. The van der Waals surface area contributed by atoms with Gasteiger partial charge in [0.25, 0.3) is 0 Å². The molecule has 0 N–H and O–H groups in total. The predicted molar refractivity (Wildman–Crippen MR) is 84.3 cm³/mol. The maximum absolute atomic E-state index is 7.15. The van der Waals surface area contributed by atoms with Crippen molar-refractivity contribution in [1.29, 1.82) is 0 Å². The lowest BCUT2D eigenvalue weighted by atomic mass is 9.64. The summed E-state index contributed by atoms with van der Waals surface area (Å²) in [5, 5.41) is 0. The fourth-order valence-corrected chi connectivity index (χ4v) is 2.69. The molecule has 21 heavy (non-hydrogen) atoms. The molecule has 0 bridgehead atoms. The van der Waals surface area contributed by atoms with Gasteiger partial charge >= 0.3 is 6.92 Å². The second-order valence-corrected chi connectivity index (χ2v) is 5.21. The highest BCUT2D eigenvalue weighted by Crippen LogP contribution is 2.30. The minimum atomic E-state index is 0.181. The molecule has 0 fully saturated rings. The van der Waals surface area contributed by atoms with Gasteiger partial charge in [0, 0.05) is 0 Å². The van der Waals surface area contributed by atoms with E-state index < -0.39 is 0 Å². The molecule has 0 radical (unpaired) electrons. The van der Waals surface area contributed by atoms with Gasteiger partial charge in [-0.15, -0.1) is 0 Å². The van der Waals surface area contributed by atoms with E-state index in [1.54, 1.807) is 6.07 Å². The van der Waals surface area contributed by atoms with Crippen LogP contribution in [-0.2, 0) is 17.7 Å². The zero-order valence-electron chi connectivity index (χ0n) is 11.8. The molecule has 100 valence electrons. The third kappa shape index (κ3) is 2.54. The molecule has 0 amide bonds. The molecule has 1 aliphatic heterocycles. The van der Waals surface area contributed by atoms with Crippen molar-refractivity contribution in [2.75, 3.05) is 0 Å². The summed E-state index contributed by atoms with van der Waals surface area (Å²) in [7, 11) is 0. The molecule has 0 unspecified atom stereocenters. The van der Waals surface area contributed by atoms with Crippen LogP contribution in [0.3, 0.4) is 0 Å². The van der Waals surface area contributed by atoms with Crippen LogP contribution in [0.15, 0.2) is 36.4 Å². The Hall–Kier alpha value is -2.56. The Kier molecular flexibility index (Phi) is 3.48. The topological polar surface area (TPSA) is 17.9 Å². The Balaban J connectivity index is 1.88. The summed E-state index contributed by atoms with van der Waals surface area (Å²) in [5.74, 6) is 0. The molecule has 3 nitrogen and oxygen atoms in total. The number of rotatable bonds is 2. The van der Waals surface area contributed by atoms with Crippen molar-refractivity contribution in [3.63, 3.8) is 0 Å².